The number of nitrogens with zero attached hydrogens (tertiary/aromatic N) is 4. The normalized spacial score (nSPS) is 16.3. The molecule has 0 saturated carbocycles. The van der Waals surface area contributed by atoms with Gasteiger partial charge in [0.1, 0.15) is 5.75 Å². The Labute approximate surface area is 169 Å². The minimum atomic E-state index is 0.324. The smallest absolute Gasteiger partial charge is 0.230 e. The first-order chi connectivity index (χ1) is 13.0. The number of aryl methyl sites for hydroxylation is 1. The third kappa shape index (κ3) is 4.83. The van der Waals surface area contributed by atoms with Crippen molar-refractivity contribution in [1.29, 1.82) is 0 Å². The van der Waals surface area contributed by atoms with E-state index in [0.717, 1.165) is 38.3 Å². The van der Waals surface area contributed by atoms with Gasteiger partial charge in [0.25, 0.3) is 0 Å². The van der Waals surface area contributed by atoms with Crippen LogP contribution in [0, 0.1) is 6.92 Å². The number of likely N-dealkylation sites (N-methyl/N-ethyl adjacent to an activating group) is 1. The highest BCUT2D eigenvalue weighted by Gasteiger charge is 2.23. The van der Waals surface area contributed by atoms with Crippen molar-refractivity contribution >= 4 is 29.0 Å². The second-order valence-corrected chi connectivity index (χ2v) is 7.39. The quantitative estimate of drug-likeness (QED) is 0.355. The maximum Gasteiger partial charge on any atom is 0.230 e. The molecule has 0 radical (unpaired) electrons. The van der Waals surface area contributed by atoms with E-state index in [1.165, 1.54) is 0 Å². The zero-order chi connectivity index (χ0) is 19.4. The number of hydrogen-bond acceptors (Lipinski definition) is 5. The van der Waals surface area contributed by atoms with E-state index in [0.29, 0.717) is 33.1 Å². The molecular weight excluding hydrogens is 387 g/mol. The van der Waals surface area contributed by atoms with E-state index in [-0.39, 0.29) is 0 Å². The van der Waals surface area contributed by atoms with Gasteiger partial charge in [0.05, 0.1) is 10.6 Å². The van der Waals surface area contributed by atoms with Crippen molar-refractivity contribution in [3.05, 3.63) is 51.6 Å². The van der Waals surface area contributed by atoms with Crippen molar-refractivity contribution in [2.24, 2.45) is 5.16 Å². The first kappa shape index (κ1) is 19.7. The summed E-state index contributed by atoms with van der Waals surface area (Å²) in [5, 5.41) is 14.2. The van der Waals surface area contributed by atoms with E-state index in [9.17, 15) is 5.21 Å². The van der Waals surface area contributed by atoms with Crippen LogP contribution in [0.1, 0.15) is 17.7 Å². The number of benzene rings is 1. The van der Waals surface area contributed by atoms with Gasteiger partial charge in [-0.1, -0.05) is 28.4 Å². The maximum absolute atomic E-state index is 9.75. The summed E-state index contributed by atoms with van der Waals surface area (Å²) < 4.78 is 5.97. The fourth-order valence-electron chi connectivity index (χ4n) is 2.99. The van der Waals surface area contributed by atoms with Gasteiger partial charge in [0.15, 0.2) is 5.84 Å². The number of rotatable bonds is 3. The van der Waals surface area contributed by atoms with E-state index >= 15 is 0 Å². The van der Waals surface area contributed by atoms with E-state index < -0.39 is 0 Å². The summed E-state index contributed by atoms with van der Waals surface area (Å²) in [7, 11) is 2.09. The topological polar surface area (TPSA) is 61.2 Å². The Hall–Kier alpha value is -2.02. The van der Waals surface area contributed by atoms with Crippen molar-refractivity contribution < 1.29 is 9.94 Å². The average molecular weight is 409 g/mol. The maximum atomic E-state index is 9.75. The van der Waals surface area contributed by atoms with Crippen LogP contribution in [0.25, 0.3) is 0 Å². The molecule has 0 atom stereocenters. The molecule has 0 aliphatic carbocycles. The number of pyridine rings is 1. The minimum absolute atomic E-state index is 0.324. The molecule has 1 aliphatic heterocycles. The summed E-state index contributed by atoms with van der Waals surface area (Å²) in [6.07, 6.45) is 0.977. The van der Waals surface area contributed by atoms with Crippen LogP contribution < -0.4 is 4.74 Å². The lowest BCUT2D eigenvalue weighted by Gasteiger charge is -2.24. The first-order valence-corrected chi connectivity index (χ1v) is 9.50. The van der Waals surface area contributed by atoms with Crippen LogP contribution in [0.2, 0.25) is 10.0 Å². The lowest BCUT2D eigenvalue weighted by atomic mass is 10.2. The summed E-state index contributed by atoms with van der Waals surface area (Å²) in [6.45, 7) is 5.29. The molecule has 3 rings (SSSR count). The second kappa shape index (κ2) is 8.78. The van der Waals surface area contributed by atoms with Gasteiger partial charge < -0.3 is 19.7 Å². The number of halogens is 2. The first-order valence-electron chi connectivity index (χ1n) is 8.74. The molecule has 1 saturated heterocycles. The highest BCUT2D eigenvalue weighted by Crippen LogP contribution is 2.33. The fraction of sp³-hybridized carbons (Fsp3) is 0.368. The van der Waals surface area contributed by atoms with Crippen LogP contribution >= 0.6 is 23.2 Å². The van der Waals surface area contributed by atoms with Crippen LogP contribution in [0.4, 0.5) is 0 Å². The molecule has 2 aromatic rings. The second-order valence-electron chi connectivity index (χ2n) is 6.55. The van der Waals surface area contributed by atoms with Crippen molar-refractivity contribution in [2.75, 3.05) is 33.2 Å². The number of aromatic nitrogens is 1. The third-order valence-electron chi connectivity index (χ3n) is 4.45. The molecule has 1 aromatic heterocycles. The lowest BCUT2D eigenvalue weighted by molar-refractivity contribution is 0.298. The molecule has 0 unspecified atom stereocenters. The van der Waals surface area contributed by atoms with Crippen LogP contribution in [0.5, 0.6) is 11.6 Å². The van der Waals surface area contributed by atoms with Gasteiger partial charge in [-0.3, -0.25) is 0 Å². The summed E-state index contributed by atoms with van der Waals surface area (Å²) in [5.74, 6) is 1.16. The molecule has 1 aliphatic rings. The molecule has 144 valence electrons. The van der Waals surface area contributed by atoms with E-state index in [1.807, 2.05) is 24.0 Å². The Morgan fingerprint density at radius 1 is 1.15 bits per heavy atom. The van der Waals surface area contributed by atoms with E-state index in [1.54, 1.807) is 18.2 Å². The number of ether oxygens (including phenoxy) is 1. The molecule has 0 spiro atoms. The van der Waals surface area contributed by atoms with Gasteiger partial charge in [0, 0.05) is 36.4 Å². The molecule has 2 heterocycles. The SMILES string of the molecule is Cc1ccc(/C(=N/O)N2CCCN(C)CC2)c(Oc2cc(Cl)ccc2Cl)n1. The van der Waals surface area contributed by atoms with E-state index in [2.05, 4.69) is 22.1 Å². The molecule has 1 fully saturated rings. The molecule has 1 aromatic carbocycles. The predicted octanol–water partition coefficient (Wildman–Crippen LogP) is 4.26. The van der Waals surface area contributed by atoms with Crippen LogP contribution in [-0.4, -0.2) is 59.1 Å². The Morgan fingerprint density at radius 3 is 2.74 bits per heavy atom. The van der Waals surface area contributed by atoms with Gasteiger partial charge >= 0.3 is 0 Å². The molecular formula is C19H22Cl2N4O2. The fourth-order valence-corrected chi connectivity index (χ4v) is 3.30. The van der Waals surface area contributed by atoms with Crippen molar-refractivity contribution in [3.63, 3.8) is 0 Å². The van der Waals surface area contributed by atoms with Crippen LogP contribution in [0.15, 0.2) is 35.5 Å². The Balaban J connectivity index is 1.96. The van der Waals surface area contributed by atoms with Gasteiger partial charge in [-0.25, -0.2) is 4.98 Å². The zero-order valence-corrected chi connectivity index (χ0v) is 16.8. The molecule has 8 heteroatoms. The highest BCUT2D eigenvalue weighted by molar-refractivity contribution is 6.34. The summed E-state index contributed by atoms with van der Waals surface area (Å²) in [4.78, 5) is 8.79. The Bertz CT molecular complexity index is 844. The van der Waals surface area contributed by atoms with Crippen molar-refractivity contribution in [3.8, 4) is 11.6 Å². The Morgan fingerprint density at radius 2 is 1.96 bits per heavy atom. The monoisotopic (exact) mass is 408 g/mol. The summed E-state index contributed by atoms with van der Waals surface area (Å²) in [6, 6.07) is 8.70. The largest absolute Gasteiger partial charge is 0.437 e. The number of hydrogen-bond donors (Lipinski definition) is 1. The Kier molecular flexibility index (Phi) is 6.42. The van der Waals surface area contributed by atoms with Crippen LogP contribution in [-0.2, 0) is 0 Å². The highest BCUT2D eigenvalue weighted by atomic mass is 35.5. The third-order valence-corrected chi connectivity index (χ3v) is 5.00. The van der Waals surface area contributed by atoms with Gasteiger partial charge in [-0.05, 0) is 51.2 Å². The van der Waals surface area contributed by atoms with Gasteiger partial charge in [-0.2, -0.15) is 0 Å². The molecule has 6 nitrogen and oxygen atoms in total. The standard InChI is InChI=1S/C19H22Cl2N4O2/c1-13-4-6-15(18(23-26)25-9-3-8-24(2)10-11-25)19(22-13)27-17-12-14(20)5-7-16(17)21/h4-7,12,26H,3,8-11H2,1-2H3/b23-18-. The molecule has 0 amide bonds. The van der Waals surface area contributed by atoms with Gasteiger partial charge in [0.2, 0.25) is 5.88 Å². The van der Waals surface area contributed by atoms with Gasteiger partial charge in [-0.15, -0.1) is 0 Å². The number of oxime groups is 1. The average Bonchev–Trinajstić information content (AvgIpc) is 2.85. The molecule has 0 bridgehead atoms. The minimum Gasteiger partial charge on any atom is -0.437 e. The molecule has 27 heavy (non-hydrogen) atoms. The van der Waals surface area contributed by atoms with Crippen LogP contribution in [0.3, 0.4) is 0 Å². The van der Waals surface area contributed by atoms with Crippen molar-refractivity contribution in [2.45, 2.75) is 13.3 Å². The summed E-state index contributed by atoms with van der Waals surface area (Å²) in [5.41, 5.74) is 1.38. The number of amidine groups is 1. The lowest BCUT2D eigenvalue weighted by Crippen LogP contribution is -2.35. The van der Waals surface area contributed by atoms with Crippen molar-refractivity contribution in [1.82, 2.24) is 14.8 Å². The van der Waals surface area contributed by atoms with E-state index in [4.69, 9.17) is 27.9 Å². The predicted molar refractivity (Wildman–Crippen MR) is 108 cm³/mol. The zero-order valence-electron chi connectivity index (χ0n) is 15.3. The molecule has 1 N–H and O–H groups in total. The summed E-state index contributed by atoms with van der Waals surface area (Å²) >= 11 is 12.3.